The van der Waals surface area contributed by atoms with E-state index in [1.807, 2.05) is 23.5 Å². The number of para-hydroxylation sites is 5. The Morgan fingerprint density at radius 2 is 0.881 bits per heavy atom. The molecular weight excluding hydrogens is 737 g/mol. The van der Waals surface area contributed by atoms with Crippen molar-refractivity contribution in [2.24, 2.45) is 0 Å². The van der Waals surface area contributed by atoms with Crippen molar-refractivity contribution in [3.63, 3.8) is 0 Å². The minimum Gasteiger partial charge on any atom is -0.309 e. The van der Waals surface area contributed by atoms with Crippen LogP contribution < -0.4 is 0 Å². The number of aromatic nitrogens is 4. The highest BCUT2D eigenvalue weighted by Gasteiger charge is 2.23. The Balaban J connectivity index is 1.04. The summed E-state index contributed by atoms with van der Waals surface area (Å²) in [7, 11) is 0. The van der Waals surface area contributed by atoms with E-state index < -0.39 is 0 Å². The van der Waals surface area contributed by atoms with Gasteiger partial charge in [0, 0.05) is 63.9 Å². The van der Waals surface area contributed by atoms with Crippen molar-refractivity contribution in [3.05, 3.63) is 194 Å². The average Bonchev–Trinajstić information content (AvgIpc) is 3.95. The van der Waals surface area contributed by atoms with Crippen LogP contribution in [0, 0.1) is 0 Å². The molecule has 274 valence electrons. The van der Waals surface area contributed by atoms with E-state index in [-0.39, 0.29) is 0 Å². The standard InChI is InChI=1S/C54H32N4S/c1-2-14-37-34(13-1)32-48-51(54(37)58-45-21-9-3-15-38(45)39-16-4-10-22-46(39)58)41-18-5-11-23-47(41)57(48)36-28-25-33(26-29-36)52-53(56-44-20-8-7-19-43(44)55-52)35-27-30-50-42(31-35)40-17-6-12-24-49(40)59-50/h1-32H. The molecule has 0 aliphatic rings. The van der Waals surface area contributed by atoms with Crippen molar-refractivity contribution < 1.29 is 0 Å². The highest BCUT2D eigenvalue weighted by molar-refractivity contribution is 7.25. The minimum absolute atomic E-state index is 0.871. The molecule has 0 unspecified atom stereocenters. The third-order valence-corrected chi connectivity index (χ3v) is 13.2. The van der Waals surface area contributed by atoms with E-state index in [1.54, 1.807) is 0 Å². The van der Waals surface area contributed by atoms with Crippen LogP contribution in [0.1, 0.15) is 0 Å². The van der Waals surface area contributed by atoms with Crippen LogP contribution in [0.2, 0.25) is 0 Å². The number of benzene rings is 9. The zero-order valence-corrected chi connectivity index (χ0v) is 32.5. The zero-order valence-electron chi connectivity index (χ0n) is 31.7. The maximum atomic E-state index is 5.30. The smallest absolute Gasteiger partial charge is 0.0973 e. The molecule has 0 fully saturated rings. The number of hydrogen-bond acceptors (Lipinski definition) is 3. The molecule has 59 heavy (non-hydrogen) atoms. The second-order valence-electron chi connectivity index (χ2n) is 15.3. The number of thiophene rings is 1. The minimum atomic E-state index is 0.871. The van der Waals surface area contributed by atoms with Gasteiger partial charge in [0.25, 0.3) is 0 Å². The summed E-state index contributed by atoms with van der Waals surface area (Å²) in [6, 6.07) is 70.1. The Bertz CT molecular complexity index is 3800. The molecule has 0 bridgehead atoms. The molecule has 4 heterocycles. The van der Waals surface area contributed by atoms with Crippen LogP contribution in [-0.2, 0) is 0 Å². The summed E-state index contributed by atoms with van der Waals surface area (Å²) < 4.78 is 7.49. The molecule has 9 aromatic carbocycles. The van der Waals surface area contributed by atoms with Crippen LogP contribution in [-0.4, -0.2) is 19.1 Å². The van der Waals surface area contributed by atoms with Crippen LogP contribution >= 0.6 is 11.3 Å². The third-order valence-electron chi connectivity index (χ3n) is 12.1. The molecule has 0 saturated heterocycles. The van der Waals surface area contributed by atoms with Crippen molar-refractivity contribution in [3.8, 4) is 33.9 Å². The molecule has 4 aromatic heterocycles. The van der Waals surface area contributed by atoms with Crippen molar-refractivity contribution in [2.75, 3.05) is 0 Å². The van der Waals surface area contributed by atoms with Crippen LogP contribution in [0.25, 0.3) is 119 Å². The predicted molar refractivity (Wildman–Crippen MR) is 249 cm³/mol. The first-order valence-electron chi connectivity index (χ1n) is 20.0. The lowest BCUT2D eigenvalue weighted by Gasteiger charge is -2.15. The molecule has 13 rings (SSSR count). The van der Waals surface area contributed by atoms with Crippen LogP contribution in [0.3, 0.4) is 0 Å². The van der Waals surface area contributed by atoms with Gasteiger partial charge in [-0.25, -0.2) is 9.97 Å². The summed E-state index contributed by atoms with van der Waals surface area (Å²) in [5.74, 6) is 0. The van der Waals surface area contributed by atoms with Gasteiger partial charge in [-0.1, -0.05) is 127 Å². The zero-order chi connectivity index (χ0) is 38.6. The molecule has 13 aromatic rings. The number of fused-ring (bicyclic) bond motifs is 11. The van der Waals surface area contributed by atoms with Gasteiger partial charge in [-0.3, -0.25) is 0 Å². The first-order chi connectivity index (χ1) is 29.3. The fourth-order valence-corrected chi connectivity index (χ4v) is 10.6. The van der Waals surface area contributed by atoms with Gasteiger partial charge in [0.1, 0.15) is 0 Å². The summed E-state index contributed by atoms with van der Waals surface area (Å²) in [5.41, 5.74) is 12.6. The van der Waals surface area contributed by atoms with Gasteiger partial charge in [-0.2, -0.15) is 0 Å². The molecular formula is C54H32N4S. The van der Waals surface area contributed by atoms with Crippen LogP contribution in [0.5, 0.6) is 0 Å². The summed E-state index contributed by atoms with van der Waals surface area (Å²) in [6.45, 7) is 0. The van der Waals surface area contributed by atoms with E-state index in [2.05, 4.69) is 191 Å². The van der Waals surface area contributed by atoms with Gasteiger partial charge in [-0.15, -0.1) is 11.3 Å². The van der Waals surface area contributed by atoms with Gasteiger partial charge >= 0.3 is 0 Å². The van der Waals surface area contributed by atoms with Crippen molar-refractivity contribution in [2.45, 2.75) is 0 Å². The molecule has 0 amide bonds. The van der Waals surface area contributed by atoms with E-state index in [1.165, 1.54) is 69.2 Å². The van der Waals surface area contributed by atoms with Gasteiger partial charge in [0.15, 0.2) is 0 Å². The first kappa shape index (κ1) is 32.5. The molecule has 0 N–H and O–H groups in total. The lowest BCUT2D eigenvalue weighted by atomic mass is 10.0. The Kier molecular flexibility index (Phi) is 6.85. The summed E-state index contributed by atoms with van der Waals surface area (Å²) in [6.07, 6.45) is 0. The molecule has 0 saturated carbocycles. The van der Waals surface area contributed by atoms with E-state index in [0.717, 1.165) is 50.3 Å². The number of hydrogen-bond donors (Lipinski definition) is 0. The normalized spacial score (nSPS) is 12.1. The number of nitrogens with zero attached hydrogens (tertiary/aromatic N) is 4. The van der Waals surface area contributed by atoms with Gasteiger partial charge in [0.2, 0.25) is 0 Å². The summed E-state index contributed by atoms with van der Waals surface area (Å²) in [5, 5.41) is 9.89. The Morgan fingerprint density at radius 3 is 1.59 bits per heavy atom. The molecule has 0 spiro atoms. The van der Waals surface area contributed by atoms with Gasteiger partial charge in [-0.05, 0) is 72.1 Å². The van der Waals surface area contributed by atoms with E-state index in [9.17, 15) is 0 Å². The van der Waals surface area contributed by atoms with Crippen molar-refractivity contribution >= 4 is 96.9 Å². The van der Waals surface area contributed by atoms with E-state index >= 15 is 0 Å². The lowest BCUT2D eigenvalue weighted by Crippen LogP contribution is -1.99. The second-order valence-corrected chi connectivity index (χ2v) is 16.4. The van der Waals surface area contributed by atoms with Gasteiger partial charge in [0.05, 0.1) is 50.2 Å². The SMILES string of the molecule is c1ccc2c(-n3c4ccccc4c4ccccc43)c3c4ccccc4n(-c4ccc(-c5nc6ccccc6nc5-c5ccc6sc7ccccc7c6c5)cc4)c3cc2c1. The van der Waals surface area contributed by atoms with Crippen LogP contribution in [0.15, 0.2) is 194 Å². The third kappa shape index (κ3) is 4.77. The van der Waals surface area contributed by atoms with Crippen molar-refractivity contribution in [1.29, 1.82) is 0 Å². The van der Waals surface area contributed by atoms with E-state index in [4.69, 9.17) is 9.97 Å². The largest absolute Gasteiger partial charge is 0.309 e. The van der Waals surface area contributed by atoms with Crippen LogP contribution in [0.4, 0.5) is 0 Å². The quantitative estimate of drug-likeness (QED) is 0.179. The second kappa shape index (κ2) is 12.4. The predicted octanol–water partition coefficient (Wildman–Crippen LogP) is 14.7. The molecule has 0 aliphatic heterocycles. The van der Waals surface area contributed by atoms with E-state index in [0.29, 0.717) is 0 Å². The molecule has 5 heteroatoms. The molecule has 0 atom stereocenters. The molecule has 0 radical (unpaired) electrons. The maximum Gasteiger partial charge on any atom is 0.0973 e. The topological polar surface area (TPSA) is 35.6 Å². The molecule has 0 aliphatic carbocycles. The Labute approximate surface area is 342 Å². The average molecular weight is 769 g/mol. The Morgan fingerprint density at radius 1 is 0.356 bits per heavy atom. The number of rotatable bonds is 4. The lowest BCUT2D eigenvalue weighted by molar-refractivity contribution is 1.17. The van der Waals surface area contributed by atoms with Crippen molar-refractivity contribution in [1.82, 2.24) is 19.1 Å². The summed E-state index contributed by atoms with van der Waals surface area (Å²) in [4.78, 5) is 10.6. The molecule has 4 nitrogen and oxygen atoms in total. The maximum absolute atomic E-state index is 5.30. The first-order valence-corrected chi connectivity index (χ1v) is 20.8. The Hall–Kier alpha value is -7.60. The highest BCUT2D eigenvalue weighted by Crippen LogP contribution is 2.44. The fraction of sp³-hybridized carbons (Fsp3) is 0. The fourth-order valence-electron chi connectivity index (χ4n) is 9.48. The monoisotopic (exact) mass is 768 g/mol. The van der Waals surface area contributed by atoms with Gasteiger partial charge < -0.3 is 9.13 Å². The summed E-state index contributed by atoms with van der Waals surface area (Å²) >= 11 is 1.83. The highest BCUT2D eigenvalue weighted by atomic mass is 32.1.